The summed E-state index contributed by atoms with van der Waals surface area (Å²) in [5.41, 5.74) is 0. The van der Waals surface area contributed by atoms with Gasteiger partial charge >= 0.3 is 0 Å². The molecule has 1 aliphatic heterocycles. The van der Waals surface area contributed by atoms with Gasteiger partial charge in [-0.05, 0) is 55.3 Å². The fourth-order valence-electron chi connectivity index (χ4n) is 2.14. The molecule has 19 heavy (non-hydrogen) atoms. The van der Waals surface area contributed by atoms with Crippen LogP contribution in [-0.2, 0) is 0 Å². The average molecular weight is 328 g/mol. The van der Waals surface area contributed by atoms with Gasteiger partial charge in [0, 0.05) is 18.8 Å². The Balaban J connectivity index is 1.98. The number of nitrogens with zero attached hydrogens (tertiary/aromatic N) is 3. The molecule has 0 saturated carbocycles. The zero-order valence-electron chi connectivity index (χ0n) is 11.6. The van der Waals surface area contributed by atoms with Gasteiger partial charge < -0.3 is 15.5 Å². The van der Waals surface area contributed by atoms with Gasteiger partial charge in [0.1, 0.15) is 5.82 Å². The van der Waals surface area contributed by atoms with E-state index in [-0.39, 0.29) is 0 Å². The van der Waals surface area contributed by atoms with Crippen LogP contribution in [0.5, 0.6) is 0 Å². The molecule has 0 aromatic carbocycles. The molecule has 0 bridgehead atoms. The van der Waals surface area contributed by atoms with E-state index >= 15 is 0 Å². The fraction of sp³-hybridized carbons (Fsp3) is 0.692. The first-order valence-electron chi connectivity index (χ1n) is 6.90. The van der Waals surface area contributed by atoms with E-state index in [1.807, 2.05) is 6.20 Å². The molecule has 0 unspecified atom stereocenters. The van der Waals surface area contributed by atoms with E-state index in [2.05, 4.69) is 55.4 Å². The Morgan fingerprint density at radius 3 is 2.84 bits per heavy atom. The Hall–Kier alpha value is -0.880. The number of nitrogens with one attached hydrogen (secondary N) is 2. The average Bonchev–Trinajstić information content (AvgIpc) is 2.42. The summed E-state index contributed by atoms with van der Waals surface area (Å²) >= 11 is 3.51. The Labute approximate surface area is 123 Å². The van der Waals surface area contributed by atoms with Crippen LogP contribution in [-0.4, -0.2) is 47.6 Å². The smallest absolute Gasteiger partial charge is 0.224 e. The summed E-state index contributed by atoms with van der Waals surface area (Å²) in [4.78, 5) is 11.2. The van der Waals surface area contributed by atoms with E-state index < -0.39 is 0 Å². The predicted molar refractivity (Wildman–Crippen MR) is 82.7 cm³/mol. The highest BCUT2D eigenvalue weighted by Gasteiger charge is 2.18. The van der Waals surface area contributed by atoms with Gasteiger partial charge in [0.05, 0.1) is 4.47 Å². The third kappa shape index (κ3) is 4.31. The molecule has 1 aromatic rings. The lowest BCUT2D eigenvalue weighted by atomic mass is 10.1. The summed E-state index contributed by atoms with van der Waals surface area (Å²) in [6, 6.07) is 0.501. The highest BCUT2D eigenvalue weighted by molar-refractivity contribution is 9.10. The second-order valence-corrected chi connectivity index (χ2v) is 5.89. The van der Waals surface area contributed by atoms with Crippen LogP contribution in [0.4, 0.5) is 11.8 Å². The maximum absolute atomic E-state index is 4.53. The number of anilines is 2. The Morgan fingerprint density at radius 2 is 2.16 bits per heavy atom. The molecule has 1 aliphatic rings. The van der Waals surface area contributed by atoms with Gasteiger partial charge in [-0.2, -0.15) is 4.98 Å². The molecule has 0 spiro atoms. The van der Waals surface area contributed by atoms with E-state index in [4.69, 9.17) is 0 Å². The first kappa shape index (κ1) is 14.5. The number of rotatable bonds is 5. The topological polar surface area (TPSA) is 53.1 Å². The third-order valence-corrected chi connectivity index (χ3v) is 3.92. The zero-order valence-corrected chi connectivity index (χ0v) is 13.2. The van der Waals surface area contributed by atoms with E-state index in [1.54, 1.807) is 0 Å². The Bertz CT molecular complexity index is 404. The quantitative estimate of drug-likeness (QED) is 0.870. The standard InChI is InChI=1S/C13H22BrN5/c1-3-6-15-13-16-9-11(14)12(18-13)17-10-4-7-19(2)8-5-10/h9-10H,3-8H2,1-2H3,(H2,15,16,17,18). The van der Waals surface area contributed by atoms with Crippen molar-refractivity contribution in [2.45, 2.75) is 32.2 Å². The highest BCUT2D eigenvalue weighted by Crippen LogP contribution is 2.23. The van der Waals surface area contributed by atoms with Gasteiger partial charge in [-0.25, -0.2) is 4.98 Å². The van der Waals surface area contributed by atoms with Gasteiger partial charge in [-0.1, -0.05) is 6.92 Å². The number of aromatic nitrogens is 2. The first-order valence-corrected chi connectivity index (χ1v) is 7.70. The third-order valence-electron chi connectivity index (χ3n) is 3.34. The van der Waals surface area contributed by atoms with E-state index in [9.17, 15) is 0 Å². The van der Waals surface area contributed by atoms with Crippen LogP contribution in [0.3, 0.4) is 0 Å². The molecule has 106 valence electrons. The second kappa shape index (κ2) is 7.05. The van der Waals surface area contributed by atoms with Crippen LogP contribution in [0.1, 0.15) is 26.2 Å². The minimum atomic E-state index is 0.501. The van der Waals surface area contributed by atoms with E-state index in [0.717, 1.165) is 49.2 Å². The molecule has 1 saturated heterocycles. The second-order valence-electron chi connectivity index (χ2n) is 5.04. The van der Waals surface area contributed by atoms with Gasteiger partial charge in [0.15, 0.2) is 0 Å². The number of hydrogen-bond acceptors (Lipinski definition) is 5. The van der Waals surface area contributed by atoms with Crippen molar-refractivity contribution in [3.8, 4) is 0 Å². The van der Waals surface area contributed by atoms with Gasteiger partial charge in [0.25, 0.3) is 0 Å². The highest BCUT2D eigenvalue weighted by atomic mass is 79.9. The predicted octanol–water partition coefficient (Wildman–Crippen LogP) is 2.57. The molecule has 2 N–H and O–H groups in total. The van der Waals surface area contributed by atoms with Crippen LogP contribution in [0.2, 0.25) is 0 Å². The molecule has 6 heteroatoms. The molecular formula is C13H22BrN5. The molecule has 0 radical (unpaired) electrons. The molecular weight excluding hydrogens is 306 g/mol. The number of piperidine rings is 1. The number of likely N-dealkylation sites (tertiary alicyclic amines) is 1. The SMILES string of the molecule is CCCNc1ncc(Br)c(NC2CCN(C)CC2)n1. The Morgan fingerprint density at radius 1 is 1.42 bits per heavy atom. The van der Waals surface area contributed by atoms with E-state index in [1.165, 1.54) is 0 Å². The molecule has 5 nitrogen and oxygen atoms in total. The lowest BCUT2D eigenvalue weighted by Gasteiger charge is -2.30. The van der Waals surface area contributed by atoms with Crippen molar-refractivity contribution >= 4 is 27.7 Å². The van der Waals surface area contributed by atoms with Crippen LogP contribution < -0.4 is 10.6 Å². The maximum atomic E-state index is 4.53. The molecule has 2 heterocycles. The zero-order chi connectivity index (χ0) is 13.7. The monoisotopic (exact) mass is 327 g/mol. The molecule has 0 atom stereocenters. The first-order chi connectivity index (χ1) is 9.19. The summed E-state index contributed by atoms with van der Waals surface area (Å²) in [5.74, 6) is 1.59. The summed E-state index contributed by atoms with van der Waals surface area (Å²) < 4.78 is 0.925. The van der Waals surface area contributed by atoms with Crippen LogP contribution >= 0.6 is 15.9 Å². The van der Waals surface area contributed by atoms with Crippen LogP contribution in [0.25, 0.3) is 0 Å². The maximum Gasteiger partial charge on any atom is 0.224 e. The van der Waals surface area contributed by atoms with Crippen molar-refractivity contribution in [1.82, 2.24) is 14.9 Å². The summed E-state index contributed by atoms with van der Waals surface area (Å²) in [7, 11) is 2.17. The normalized spacial score (nSPS) is 17.4. The molecule has 1 aromatic heterocycles. The van der Waals surface area contributed by atoms with Crippen molar-refractivity contribution in [2.75, 3.05) is 37.3 Å². The van der Waals surface area contributed by atoms with Crippen molar-refractivity contribution in [2.24, 2.45) is 0 Å². The number of halogens is 1. The Kier molecular flexibility index (Phi) is 5.39. The number of hydrogen-bond donors (Lipinski definition) is 2. The van der Waals surface area contributed by atoms with Crippen molar-refractivity contribution in [1.29, 1.82) is 0 Å². The van der Waals surface area contributed by atoms with Crippen LogP contribution in [0, 0.1) is 0 Å². The lowest BCUT2D eigenvalue weighted by Crippen LogP contribution is -2.37. The lowest BCUT2D eigenvalue weighted by molar-refractivity contribution is 0.263. The summed E-state index contributed by atoms with van der Waals surface area (Å²) in [6.07, 6.45) is 5.19. The van der Waals surface area contributed by atoms with Crippen molar-refractivity contribution in [3.05, 3.63) is 10.7 Å². The molecule has 1 fully saturated rings. The molecule has 0 amide bonds. The molecule has 2 rings (SSSR count). The summed E-state index contributed by atoms with van der Waals surface area (Å²) in [6.45, 7) is 5.31. The summed E-state index contributed by atoms with van der Waals surface area (Å²) in [5, 5.41) is 6.74. The van der Waals surface area contributed by atoms with Crippen molar-refractivity contribution in [3.63, 3.8) is 0 Å². The largest absolute Gasteiger partial charge is 0.366 e. The van der Waals surface area contributed by atoms with Gasteiger partial charge in [-0.3, -0.25) is 0 Å². The van der Waals surface area contributed by atoms with Crippen molar-refractivity contribution < 1.29 is 0 Å². The van der Waals surface area contributed by atoms with Gasteiger partial charge in [0.2, 0.25) is 5.95 Å². The minimum absolute atomic E-state index is 0.501. The van der Waals surface area contributed by atoms with Crippen LogP contribution in [0.15, 0.2) is 10.7 Å². The minimum Gasteiger partial charge on any atom is -0.366 e. The van der Waals surface area contributed by atoms with Gasteiger partial charge in [-0.15, -0.1) is 0 Å². The van der Waals surface area contributed by atoms with E-state index in [0.29, 0.717) is 12.0 Å². The fourth-order valence-corrected chi connectivity index (χ4v) is 2.44. The molecule has 0 aliphatic carbocycles.